The van der Waals surface area contributed by atoms with Gasteiger partial charge in [-0.1, -0.05) is 55.0 Å². The molecule has 0 saturated carbocycles. The Bertz CT molecular complexity index is 761. The third-order valence-electron chi connectivity index (χ3n) is 4.82. The monoisotopic (exact) mass is 351 g/mol. The predicted octanol–water partition coefficient (Wildman–Crippen LogP) is 2.56. The molecule has 0 aliphatic carbocycles. The number of carbonyl (C=O) groups excluding carboxylic acids is 2. The minimum absolute atomic E-state index is 0.112. The summed E-state index contributed by atoms with van der Waals surface area (Å²) in [5.41, 5.74) is 8.56. The van der Waals surface area contributed by atoms with Crippen LogP contribution < -0.4 is 11.1 Å². The Morgan fingerprint density at radius 3 is 2.54 bits per heavy atom. The van der Waals surface area contributed by atoms with E-state index in [9.17, 15) is 9.59 Å². The molecular formula is C21H25N3O2. The van der Waals surface area contributed by atoms with E-state index in [0.29, 0.717) is 0 Å². The van der Waals surface area contributed by atoms with E-state index in [1.807, 2.05) is 47.4 Å². The molecule has 5 heteroatoms. The van der Waals surface area contributed by atoms with E-state index in [2.05, 4.69) is 17.4 Å². The average Bonchev–Trinajstić information content (AvgIpc) is 2.64. The Balaban J connectivity index is 1.66. The fourth-order valence-electron chi connectivity index (χ4n) is 3.49. The first-order valence-electron chi connectivity index (χ1n) is 9.08. The third-order valence-corrected chi connectivity index (χ3v) is 4.82. The van der Waals surface area contributed by atoms with Crippen molar-refractivity contribution < 1.29 is 9.59 Å². The van der Waals surface area contributed by atoms with Gasteiger partial charge >= 0.3 is 0 Å². The summed E-state index contributed by atoms with van der Waals surface area (Å²) in [6.45, 7) is 0.917. The molecule has 1 heterocycles. The second kappa shape index (κ2) is 8.63. The van der Waals surface area contributed by atoms with Crippen LogP contribution in [-0.4, -0.2) is 35.8 Å². The fourth-order valence-corrected chi connectivity index (χ4v) is 3.49. The minimum atomic E-state index is -0.345. The van der Waals surface area contributed by atoms with Crippen molar-refractivity contribution in [1.82, 2.24) is 4.90 Å². The number of primary amides is 1. The first kappa shape index (κ1) is 18.1. The van der Waals surface area contributed by atoms with E-state index in [-0.39, 0.29) is 24.4 Å². The number of nitrogens with two attached hydrogens (primary N) is 1. The number of nitrogens with one attached hydrogen (secondary N) is 1. The SMILES string of the molecule is NC(=O)[C@@H]1CCCCN1CC(=O)Nc1ccccc1Cc1ccccc1. The van der Waals surface area contributed by atoms with Crippen molar-refractivity contribution in [2.24, 2.45) is 5.73 Å². The molecule has 1 atom stereocenters. The van der Waals surface area contributed by atoms with E-state index < -0.39 is 0 Å². The van der Waals surface area contributed by atoms with Crippen LogP contribution in [0.3, 0.4) is 0 Å². The van der Waals surface area contributed by atoms with Gasteiger partial charge < -0.3 is 11.1 Å². The smallest absolute Gasteiger partial charge is 0.238 e. The van der Waals surface area contributed by atoms with Gasteiger partial charge in [-0.25, -0.2) is 0 Å². The number of nitrogens with zero attached hydrogens (tertiary/aromatic N) is 1. The first-order valence-corrected chi connectivity index (χ1v) is 9.08. The Hall–Kier alpha value is -2.66. The number of rotatable bonds is 6. The van der Waals surface area contributed by atoms with Gasteiger partial charge in [-0.05, 0) is 43.0 Å². The summed E-state index contributed by atoms with van der Waals surface area (Å²) in [5, 5.41) is 3.00. The molecule has 26 heavy (non-hydrogen) atoms. The van der Waals surface area contributed by atoms with Crippen LogP contribution in [0.25, 0.3) is 0 Å². The lowest BCUT2D eigenvalue weighted by Gasteiger charge is -2.32. The van der Waals surface area contributed by atoms with E-state index in [0.717, 1.165) is 43.5 Å². The van der Waals surface area contributed by atoms with Crippen LogP contribution in [0.2, 0.25) is 0 Å². The molecule has 0 aromatic heterocycles. The molecule has 1 saturated heterocycles. The summed E-state index contributed by atoms with van der Waals surface area (Å²) in [5.74, 6) is -0.458. The summed E-state index contributed by atoms with van der Waals surface area (Å²) in [6.07, 6.45) is 3.45. The highest BCUT2D eigenvalue weighted by Gasteiger charge is 2.28. The summed E-state index contributed by atoms with van der Waals surface area (Å²) in [4.78, 5) is 26.0. The molecule has 136 valence electrons. The maximum Gasteiger partial charge on any atom is 0.238 e. The zero-order valence-corrected chi connectivity index (χ0v) is 14.9. The third kappa shape index (κ3) is 4.70. The summed E-state index contributed by atoms with van der Waals surface area (Å²) in [6, 6.07) is 17.6. The van der Waals surface area contributed by atoms with Crippen molar-refractivity contribution in [2.45, 2.75) is 31.7 Å². The Morgan fingerprint density at radius 1 is 1.04 bits per heavy atom. The average molecular weight is 351 g/mol. The van der Waals surface area contributed by atoms with Gasteiger partial charge in [0.2, 0.25) is 11.8 Å². The van der Waals surface area contributed by atoms with Crippen molar-refractivity contribution in [3.05, 3.63) is 65.7 Å². The minimum Gasteiger partial charge on any atom is -0.368 e. The lowest BCUT2D eigenvalue weighted by atomic mass is 10.0. The molecule has 0 spiro atoms. The molecule has 0 bridgehead atoms. The molecular weight excluding hydrogens is 326 g/mol. The highest BCUT2D eigenvalue weighted by Crippen LogP contribution is 2.20. The van der Waals surface area contributed by atoms with Crippen LogP contribution in [-0.2, 0) is 16.0 Å². The summed E-state index contributed by atoms with van der Waals surface area (Å²) >= 11 is 0. The summed E-state index contributed by atoms with van der Waals surface area (Å²) in [7, 11) is 0. The maximum atomic E-state index is 12.5. The Kier molecular flexibility index (Phi) is 6.02. The molecule has 2 aromatic rings. The van der Waals surface area contributed by atoms with Crippen LogP contribution in [0.15, 0.2) is 54.6 Å². The topological polar surface area (TPSA) is 75.4 Å². The first-order chi connectivity index (χ1) is 12.6. The zero-order valence-electron chi connectivity index (χ0n) is 14.9. The quantitative estimate of drug-likeness (QED) is 0.840. The lowest BCUT2D eigenvalue weighted by Crippen LogP contribution is -2.50. The van der Waals surface area contributed by atoms with Crippen LogP contribution in [0, 0.1) is 0 Å². The van der Waals surface area contributed by atoms with Gasteiger partial charge in [0.15, 0.2) is 0 Å². The molecule has 1 fully saturated rings. The van der Waals surface area contributed by atoms with E-state index >= 15 is 0 Å². The zero-order chi connectivity index (χ0) is 18.4. The fraction of sp³-hybridized carbons (Fsp3) is 0.333. The number of hydrogen-bond acceptors (Lipinski definition) is 3. The molecule has 0 radical (unpaired) electrons. The Labute approximate surface area is 154 Å². The van der Waals surface area contributed by atoms with Gasteiger partial charge in [0, 0.05) is 5.69 Å². The predicted molar refractivity (Wildman–Crippen MR) is 103 cm³/mol. The van der Waals surface area contributed by atoms with Crippen molar-refractivity contribution in [2.75, 3.05) is 18.4 Å². The highest BCUT2D eigenvalue weighted by atomic mass is 16.2. The molecule has 3 N–H and O–H groups in total. The highest BCUT2D eigenvalue weighted by molar-refractivity contribution is 5.93. The van der Waals surface area contributed by atoms with E-state index in [1.54, 1.807) is 0 Å². The normalized spacial score (nSPS) is 17.6. The number of amides is 2. The van der Waals surface area contributed by atoms with Gasteiger partial charge in [-0.15, -0.1) is 0 Å². The number of hydrogen-bond donors (Lipinski definition) is 2. The van der Waals surface area contributed by atoms with Gasteiger partial charge in [-0.2, -0.15) is 0 Å². The van der Waals surface area contributed by atoms with E-state index in [4.69, 9.17) is 5.73 Å². The number of piperidine rings is 1. The molecule has 2 aromatic carbocycles. The molecule has 5 nitrogen and oxygen atoms in total. The number of carbonyl (C=O) groups is 2. The lowest BCUT2D eigenvalue weighted by molar-refractivity contribution is -0.126. The second-order valence-electron chi connectivity index (χ2n) is 6.75. The number of likely N-dealkylation sites (tertiary alicyclic amines) is 1. The largest absolute Gasteiger partial charge is 0.368 e. The van der Waals surface area contributed by atoms with E-state index in [1.165, 1.54) is 5.56 Å². The van der Waals surface area contributed by atoms with Gasteiger partial charge in [0.05, 0.1) is 12.6 Å². The molecule has 3 rings (SSSR count). The number of para-hydroxylation sites is 1. The number of benzene rings is 2. The Morgan fingerprint density at radius 2 is 1.77 bits per heavy atom. The van der Waals surface area contributed by atoms with Crippen LogP contribution in [0.1, 0.15) is 30.4 Å². The van der Waals surface area contributed by atoms with Crippen molar-refractivity contribution in [3.63, 3.8) is 0 Å². The molecule has 1 aliphatic heterocycles. The molecule has 2 amide bonds. The maximum absolute atomic E-state index is 12.5. The van der Waals surface area contributed by atoms with Gasteiger partial charge in [-0.3, -0.25) is 14.5 Å². The van der Waals surface area contributed by atoms with Gasteiger partial charge in [0.25, 0.3) is 0 Å². The van der Waals surface area contributed by atoms with Crippen LogP contribution in [0.5, 0.6) is 0 Å². The second-order valence-corrected chi connectivity index (χ2v) is 6.75. The molecule has 1 aliphatic rings. The van der Waals surface area contributed by atoms with Crippen molar-refractivity contribution >= 4 is 17.5 Å². The van der Waals surface area contributed by atoms with Gasteiger partial charge in [0.1, 0.15) is 0 Å². The molecule has 0 unspecified atom stereocenters. The number of anilines is 1. The standard InChI is InChI=1S/C21H25N3O2/c22-21(26)19-12-6-7-13-24(19)15-20(25)23-18-11-5-4-10-17(18)14-16-8-2-1-3-9-16/h1-5,8-11,19H,6-7,12-15H2,(H2,22,26)(H,23,25)/t19-/m0/s1. The van der Waals surface area contributed by atoms with Crippen LogP contribution in [0.4, 0.5) is 5.69 Å². The summed E-state index contributed by atoms with van der Waals surface area (Å²) < 4.78 is 0. The van der Waals surface area contributed by atoms with Crippen LogP contribution >= 0.6 is 0 Å². The van der Waals surface area contributed by atoms with Crippen molar-refractivity contribution in [3.8, 4) is 0 Å². The van der Waals surface area contributed by atoms with Crippen molar-refractivity contribution in [1.29, 1.82) is 0 Å².